The third kappa shape index (κ3) is 3.78. The number of nitrogens with zero attached hydrogens (tertiary/aromatic N) is 4. The van der Waals surface area contributed by atoms with Crippen molar-refractivity contribution in [2.45, 2.75) is 32.2 Å². The largest absolute Gasteiger partial charge is 0.465 e. The van der Waals surface area contributed by atoms with Gasteiger partial charge in [0.25, 0.3) is 0 Å². The van der Waals surface area contributed by atoms with Crippen molar-refractivity contribution in [1.29, 1.82) is 0 Å². The minimum Gasteiger partial charge on any atom is -0.465 e. The quantitative estimate of drug-likeness (QED) is 0.807. The molecular weight excluding hydrogens is 362 g/mol. The van der Waals surface area contributed by atoms with Crippen LogP contribution in [0.3, 0.4) is 0 Å². The number of rotatable bonds is 4. The van der Waals surface area contributed by atoms with E-state index in [2.05, 4.69) is 10.4 Å². The lowest BCUT2D eigenvalue weighted by atomic mass is 9.97. The van der Waals surface area contributed by atoms with E-state index in [1.165, 1.54) is 11.8 Å². The lowest BCUT2D eigenvalue weighted by molar-refractivity contribution is 0.0602. The van der Waals surface area contributed by atoms with Crippen molar-refractivity contribution in [3.05, 3.63) is 46.1 Å². The van der Waals surface area contributed by atoms with Gasteiger partial charge in [-0.2, -0.15) is 5.10 Å². The minimum absolute atomic E-state index is 0.01000. The summed E-state index contributed by atoms with van der Waals surface area (Å²) < 4.78 is 7.76. The molecule has 1 atom stereocenters. The van der Waals surface area contributed by atoms with Crippen molar-refractivity contribution < 1.29 is 14.3 Å². The van der Waals surface area contributed by atoms with Crippen molar-refractivity contribution >= 4 is 17.7 Å². The fraction of sp³-hybridized carbons (Fsp3) is 0.474. The highest BCUT2D eigenvalue weighted by molar-refractivity contribution is 6.00. The first-order chi connectivity index (χ1) is 13.5. The Bertz CT molecular complexity index is 933. The second-order valence-corrected chi connectivity index (χ2v) is 6.76. The van der Waals surface area contributed by atoms with Gasteiger partial charge in [-0.3, -0.25) is 4.57 Å². The summed E-state index contributed by atoms with van der Waals surface area (Å²) in [6, 6.07) is 6.44. The normalized spacial score (nSPS) is 16.7. The van der Waals surface area contributed by atoms with Crippen molar-refractivity contribution in [1.82, 2.24) is 19.2 Å². The molecule has 0 bridgehead atoms. The van der Waals surface area contributed by atoms with Gasteiger partial charge in [-0.15, -0.1) is 0 Å². The van der Waals surface area contributed by atoms with Gasteiger partial charge in [-0.1, -0.05) is 12.1 Å². The number of esters is 1. The number of nitrogens with one attached hydrogen (secondary N) is 1. The average molecular weight is 387 g/mol. The van der Waals surface area contributed by atoms with Crippen LogP contribution in [-0.2, 0) is 18.3 Å². The Labute approximate surface area is 162 Å². The Kier molecular flexibility index (Phi) is 5.81. The molecule has 1 aromatic heterocycles. The van der Waals surface area contributed by atoms with Crippen molar-refractivity contribution in [2.24, 2.45) is 7.05 Å². The van der Waals surface area contributed by atoms with E-state index < -0.39 is 5.97 Å². The van der Waals surface area contributed by atoms with Gasteiger partial charge in [0.15, 0.2) is 0 Å². The van der Waals surface area contributed by atoms with Crippen LogP contribution in [0.2, 0.25) is 0 Å². The summed E-state index contributed by atoms with van der Waals surface area (Å²) >= 11 is 0. The van der Waals surface area contributed by atoms with Gasteiger partial charge >= 0.3 is 17.7 Å². The van der Waals surface area contributed by atoms with Gasteiger partial charge in [-0.25, -0.2) is 19.1 Å². The van der Waals surface area contributed by atoms with Gasteiger partial charge in [0, 0.05) is 32.6 Å². The summed E-state index contributed by atoms with van der Waals surface area (Å²) in [5, 5.41) is 7.18. The smallest absolute Gasteiger partial charge is 0.345 e. The predicted molar refractivity (Wildman–Crippen MR) is 103 cm³/mol. The standard InChI is InChI=1S/C19H25N5O4/c1-4-24-16(21-22(2)19(24)27)13-8-7-11-23(12-13)18(26)20-15-10-6-5-9-14(15)17(25)28-3/h5-6,9-10,13H,4,7-8,11-12H2,1-3H3,(H,20,26)/t13-/m1/s1. The number of hydrogen-bond donors (Lipinski definition) is 1. The highest BCUT2D eigenvalue weighted by Crippen LogP contribution is 2.26. The number of para-hydroxylation sites is 1. The second-order valence-electron chi connectivity index (χ2n) is 6.76. The average Bonchev–Trinajstić information content (AvgIpc) is 3.01. The molecule has 9 nitrogen and oxygen atoms in total. The number of urea groups is 1. The predicted octanol–water partition coefficient (Wildman–Crippen LogP) is 1.80. The number of anilines is 1. The highest BCUT2D eigenvalue weighted by Gasteiger charge is 2.29. The molecule has 0 unspecified atom stereocenters. The highest BCUT2D eigenvalue weighted by atomic mass is 16.5. The number of aromatic nitrogens is 3. The first-order valence-corrected chi connectivity index (χ1v) is 9.33. The monoisotopic (exact) mass is 387 g/mol. The Hall–Kier alpha value is -3.10. The number of benzene rings is 1. The van der Waals surface area contributed by atoms with Crippen LogP contribution in [0.4, 0.5) is 10.5 Å². The second kappa shape index (κ2) is 8.28. The van der Waals surface area contributed by atoms with Crippen LogP contribution in [0.5, 0.6) is 0 Å². The van der Waals surface area contributed by atoms with Crippen molar-refractivity contribution in [3.8, 4) is 0 Å². The molecule has 1 aliphatic heterocycles. The zero-order valence-corrected chi connectivity index (χ0v) is 16.3. The summed E-state index contributed by atoms with van der Waals surface area (Å²) in [5.41, 5.74) is 0.562. The number of aryl methyl sites for hydroxylation is 1. The maximum atomic E-state index is 12.8. The number of amides is 2. The van der Waals surface area contributed by atoms with Crippen LogP contribution in [0.15, 0.2) is 29.1 Å². The lowest BCUT2D eigenvalue weighted by Crippen LogP contribution is -2.42. The van der Waals surface area contributed by atoms with Crippen LogP contribution < -0.4 is 11.0 Å². The molecule has 0 saturated carbocycles. The molecule has 2 heterocycles. The number of carbonyl (C=O) groups is 2. The maximum absolute atomic E-state index is 12.8. The molecule has 0 aliphatic carbocycles. The summed E-state index contributed by atoms with van der Waals surface area (Å²) in [5.74, 6) is 0.194. The SMILES string of the molecule is CCn1c([C@@H]2CCCN(C(=O)Nc3ccccc3C(=O)OC)C2)nn(C)c1=O. The Morgan fingerprint density at radius 2 is 2.07 bits per heavy atom. The van der Waals surface area contributed by atoms with Crippen LogP contribution in [-0.4, -0.2) is 51.4 Å². The molecule has 1 N–H and O–H groups in total. The molecule has 3 rings (SSSR count). The molecule has 2 aromatic rings. The number of carbonyl (C=O) groups excluding carboxylic acids is 2. The van der Waals surface area contributed by atoms with Crippen LogP contribution >= 0.6 is 0 Å². The summed E-state index contributed by atoms with van der Waals surface area (Å²) in [4.78, 5) is 38.6. The van der Waals surface area contributed by atoms with Crippen molar-refractivity contribution in [3.63, 3.8) is 0 Å². The van der Waals surface area contributed by atoms with E-state index in [9.17, 15) is 14.4 Å². The van der Waals surface area contributed by atoms with Crippen molar-refractivity contribution in [2.75, 3.05) is 25.5 Å². The Balaban J connectivity index is 1.77. The van der Waals surface area contributed by atoms with E-state index in [4.69, 9.17) is 4.74 Å². The topological polar surface area (TPSA) is 98.5 Å². The molecule has 1 saturated heterocycles. The third-order valence-corrected chi connectivity index (χ3v) is 5.00. The molecule has 2 amide bonds. The number of likely N-dealkylation sites (tertiary alicyclic amines) is 1. The number of hydrogen-bond acceptors (Lipinski definition) is 5. The van der Waals surface area contributed by atoms with Gasteiger partial charge < -0.3 is 15.0 Å². The molecular formula is C19H25N5O4. The molecule has 1 fully saturated rings. The molecule has 150 valence electrons. The molecule has 0 radical (unpaired) electrons. The molecule has 0 spiro atoms. The van der Waals surface area contributed by atoms with Gasteiger partial charge in [-0.05, 0) is 31.9 Å². The van der Waals surface area contributed by atoms with Crippen LogP contribution in [0.25, 0.3) is 0 Å². The summed E-state index contributed by atoms with van der Waals surface area (Å²) in [6.07, 6.45) is 1.67. The van der Waals surface area contributed by atoms with Gasteiger partial charge in [0.05, 0.1) is 18.4 Å². The Morgan fingerprint density at radius 1 is 1.32 bits per heavy atom. The summed E-state index contributed by atoms with van der Waals surface area (Å²) in [7, 11) is 2.94. The van der Waals surface area contributed by atoms with Crippen LogP contribution in [0.1, 0.15) is 41.9 Å². The summed E-state index contributed by atoms with van der Waals surface area (Å²) in [6.45, 7) is 3.51. The first kappa shape index (κ1) is 19.7. The molecule has 1 aliphatic rings. The molecule has 28 heavy (non-hydrogen) atoms. The van der Waals surface area contributed by atoms with E-state index in [1.54, 1.807) is 40.8 Å². The van der Waals surface area contributed by atoms with E-state index >= 15 is 0 Å². The zero-order valence-electron chi connectivity index (χ0n) is 16.3. The number of ether oxygens (including phenoxy) is 1. The fourth-order valence-electron chi connectivity index (χ4n) is 3.57. The molecule has 1 aromatic carbocycles. The zero-order chi connectivity index (χ0) is 20.3. The van der Waals surface area contributed by atoms with E-state index in [-0.39, 0.29) is 17.6 Å². The van der Waals surface area contributed by atoms with Gasteiger partial charge in [0.2, 0.25) is 0 Å². The molecule has 9 heteroatoms. The van der Waals surface area contributed by atoms with Crippen LogP contribution in [0, 0.1) is 0 Å². The van der Waals surface area contributed by atoms with E-state index in [0.717, 1.165) is 12.8 Å². The van der Waals surface area contributed by atoms with Gasteiger partial charge in [0.1, 0.15) is 5.82 Å². The van der Waals surface area contributed by atoms with E-state index in [1.807, 2.05) is 6.92 Å². The maximum Gasteiger partial charge on any atom is 0.345 e. The Morgan fingerprint density at radius 3 is 2.79 bits per heavy atom. The first-order valence-electron chi connectivity index (χ1n) is 9.33. The lowest BCUT2D eigenvalue weighted by Gasteiger charge is -2.32. The van der Waals surface area contributed by atoms with E-state index in [0.29, 0.717) is 36.7 Å². The number of methoxy groups -OCH3 is 1. The fourth-order valence-corrected chi connectivity index (χ4v) is 3.57. The number of piperidine rings is 1. The minimum atomic E-state index is -0.507. The third-order valence-electron chi connectivity index (χ3n) is 5.00.